The quantitative estimate of drug-likeness (QED) is 0.831. The predicted molar refractivity (Wildman–Crippen MR) is 70.4 cm³/mol. The van der Waals surface area contributed by atoms with Crippen molar-refractivity contribution in [2.75, 3.05) is 6.54 Å². The van der Waals surface area contributed by atoms with E-state index in [1.807, 2.05) is 6.07 Å². The van der Waals surface area contributed by atoms with Gasteiger partial charge in [0, 0.05) is 19.0 Å². The van der Waals surface area contributed by atoms with Gasteiger partial charge >= 0.3 is 0 Å². The molecule has 7 heteroatoms. The Morgan fingerprint density at radius 2 is 2.00 bits per heavy atom. The Balaban J connectivity index is 3.27. The number of hydrogen-bond acceptors (Lipinski definition) is 4. The molecule has 1 aromatic carbocycles. The molecule has 106 valence electrons. The third kappa shape index (κ3) is 3.32. The van der Waals surface area contributed by atoms with Crippen LogP contribution in [0.15, 0.2) is 23.1 Å². The van der Waals surface area contributed by atoms with Crippen molar-refractivity contribution in [2.45, 2.75) is 31.2 Å². The maximum atomic E-state index is 13.2. The van der Waals surface area contributed by atoms with Crippen LogP contribution < -0.4 is 0 Å². The van der Waals surface area contributed by atoms with Gasteiger partial charge in [0.2, 0.25) is 10.0 Å². The summed E-state index contributed by atoms with van der Waals surface area (Å²) in [7, 11) is -3.86. The summed E-state index contributed by atoms with van der Waals surface area (Å²) in [4.78, 5) is -0.151. The molecule has 0 amide bonds. The summed E-state index contributed by atoms with van der Waals surface area (Å²) < 4.78 is 39.3. The van der Waals surface area contributed by atoms with Crippen molar-refractivity contribution < 1.29 is 12.8 Å². The van der Waals surface area contributed by atoms with E-state index in [0.29, 0.717) is 0 Å². The van der Waals surface area contributed by atoms with Gasteiger partial charge in [0.25, 0.3) is 0 Å². The lowest BCUT2D eigenvalue weighted by Gasteiger charge is -2.25. The standard InChI is InChI=1S/C13H14FN3O2S/c1-10(2)17(7-3-6-15)20(18,19)12-4-5-13(14)11(8-12)9-16/h4-5,8,10H,3,7H2,1-2H3. The molecule has 0 radical (unpaired) electrons. The highest BCUT2D eigenvalue weighted by Crippen LogP contribution is 2.21. The number of sulfonamides is 1. The van der Waals surface area contributed by atoms with Crippen LogP contribution in [-0.2, 0) is 10.0 Å². The molecule has 0 saturated carbocycles. The number of hydrogen-bond donors (Lipinski definition) is 0. The van der Waals surface area contributed by atoms with Gasteiger partial charge in [0.05, 0.1) is 16.5 Å². The number of rotatable bonds is 5. The minimum absolute atomic E-state index is 0.0514. The average molecular weight is 295 g/mol. The molecule has 0 spiro atoms. The van der Waals surface area contributed by atoms with Crippen molar-refractivity contribution in [3.63, 3.8) is 0 Å². The molecule has 1 rings (SSSR count). The Labute approximate surface area is 117 Å². The second-order valence-corrected chi connectivity index (χ2v) is 6.26. The zero-order valence-corrected chi connectivity index (χ0v) is 12.0. The maximum absolute atomic E-state index is 13.2. The third-order valence-electron chi connectivity index (χ3n) is 2.68. The zero-order valence-electron chi connectivity index (χ0n) is 11.2. The molecule has 0 N–H and O–H groups in total. The van der Waals surface area contributed by atoms with Gasteiger partial charge in [-0.05, 0) is 32.0 Å². The van der Waals surface area contributed by atoms with E-state index < -0.39 is 15.8 Å². The van der Waals surface area contributed by atoms with E-state index in [1.165, 1.54) is 0 Å². The highest BCUT2D eigenvalue weighted by molar-refractivity contribution is 7.89. The minimum Gasteiger partial charge on any atom is -0.207 e. The van der Waals surface area contributed by atoms with E-state index in [0.717, 1.165) is 22.5 Å². The van der Waals surface area contributed by atoms with E-state index in [4.69, 9.17) is 10.5 Å². The first-order valence-electron chi connectivity index (χ1n) is 5.93. The molecule has 0 aliphatic rings. The topological polar surface area (TPSA) is 85.0 Å². The molecule has 0 saturated heterocycles. The second kappa shape index (κ2) is 6.47. The molecule has 0 bridgehead atoms. The molecule has 20 heavy (non-hydrogen) atoms. The first kappa shape index (κ1) is 16.1. The Bertz CT molecular complexity index is 672. The average Bonchev–Trinajstić information content (AvgIpc) is 2.38. The maximum Gasteiger partial charge on any atom is 0.243 e. The van der Waals surface area contributed by atoms with Crippen LogP contribution in [0, 0.1) is 28.5 Å². The summed E-state index contributed by atoms with van der Waals surface area (Å²) in [5.41, 5.74) is -0.324. The highest BCUT2D eigenvalue weighted by atomic mass is 32.2. The molecule has 0 aromatic heterocycles. The minimum atomic E-state index is -3.86. The number of nitriles is 2. The Morgan fingerprint density at radius 3 is 2.50 bits per heavy atom. The van der Waals surface area contributed by atoms with Gasteiger partial charge in [0.15, 0.2) is 0 Å². The van der Waals surface area contributed by atoms with Crippen LogP contribution in [-0.4, -0.2) is 25.3 Å². The van der Waals surface area contributed by atoms with Crippen molar-refractivity contribution in [1.29, 1.82) is 10.5 Å². The summed E-state index contributed by atoms with van der Waals surface area (Å²) in [5.74, 6) is -0.764. The van der Waals surface area contributed by atoms with E-state index in [1.54, 1.807) is 19.9 Å². The van der Waals surface area contributed by atoms with Crippen LogP contribution in [0.2, 0.25) is 0 Å². The van der Waals surface area contributed by atoms with Gasteiger partial charge in [0.1, 0.15) is 11.9 Å². The number of halogens is 1. The lowest BCUT2D eigenvalue weighted by Crippen LogP contribution is -2.37. The van der Waals surface area contributed by atoms with Gasteiger partial charge < -0.3 is 0 Å². The Kier molecular flexibility index (Phi) is 5.20. The molecule has 0 heterocycles. The zero-order chi connectivity index (χ0) is 15.3. The van der Waals surface area contributed by atoms with E-state index in [9.17, 15) is 12.8 Å². The summed E-state index contributed by atoms with van der Waals surface area (Å²) in [6.45, 7) is 3.42. The monoisotopic (exact) mass is 295 g/mol. The summed E-state index contributed by atoms with van der Waals surface area (Å²) >= 11 is 0. The SMILES string of the molecule is CC(C)N(CCC#N)S(=O)(=O)c1ccc(F)c(C#N)c1. The molecule has 0 aliphatic carbocycles. The Morgan fingerprint density at radius 1 is 1.35 bits per heavy atom. The van der Waals surface area contributed by atoms with Crippen LogP contribution in [0.25, 0.3) is 0 Å². The lowest BCUT2D eigenvalue weighted by atomic mass is 10.2. The first-order chi connectivity index (χ1) is 9.34. The van der Waals surface area contributed by atoms with Gasteiger partial charge in [-0.15, -0.1) is 0 Å². The normalized spacial score (nSPS) is 11.3. The highest BCUT2D eigenvalue weighted by Gasteiger charge is 2.27. The second-order valence-electron chi connectivity index (χ2n) is 4.37. The summed E-state index contributed by atoms with van der Waals surface area (Å²) in [5, 5.41) is 17.3. The molecular weight excluding hydrogens is 281 g/mol. The molecular formula is C13H14FN3O2S. The van der Waals surface area contributed by atoms with Crippen molar-refractivity contribution >= 4 is 10.0 Å². The summed E-state index contributed by atoms with van der Waals surface area (Å²) in [6, 6.07) is 6.23. The largest absolute Gasteiger partial charge is 0.243 e. The fourth-order valence-electron chi connectivity index (χ4n) is 1.70. The molecule has 0 atom stereocenters. The van der Waals surface area contributed by atoms with Crippen LogP contribution in [0.1, 0.15) is 25.8 Å². The van der Waals surface area contributed by atoms with E-state index in [2.05, 4.69) is 0 Å². The lowest BCUT2D eigenvalue weighted by molar-refractivity contribution is 0.360. The van der Waals surface area contributed by atoms with Crippen LogP contribution in [0.5, 0.6) is 0 Å². The van der Waals surface area contributed by atoms with Gasteiger partial charge in [-0.1, -0.05) is 0 Å². The van der Waals surface area contributed by atoms with Crippen LogP contribution in [0.3, 0.4) is 0 Å². The van der Waals surface area contributed by atoms with Crippen molar-refractivity contribution in [3.8, 4) is 12.1 Å². The fraction of sp³-hybridized carbons (Fsp3) is 0.385. The predicted octanol–water partition coefficient (Wildman–Crippen LogP) is 2.01. The van der Waals surface area contributed by atoms with Gasteiger partial charge in [-0.2, -0.15) is 14.8 Å². The van der Waals surface area contributed by atoms with E-state index in [-0.39, 0.29) is 29.5 Å². The van der Waals surface area contributed by atoms with Crippen molar-refractivity contribution in [1.82, 2.24) is 4.31 Å². The number of nitrogens with zero attached hydrogens (tertiary/aromatic N) is 3. The smallest absolute Gasteiger partial charge is 0.207 e. The van der Waals surface area contributed by atoms with Crippen LogP contribution >= 0.6 is 0 Å². The number of benzene rings is 1. The first-order valence-corrected chi connectivity index (χ1v) is 7.37. The third-order valence-corrected chi connectivity index (χ3v) is 4.76. The van der Waals surface area contributed by atoms with Crippen molar-refractivity contribution in [2.24, 2.45) is 0 Å². The van der Waals surface area contributed by atoms with E-state index >= 15 is 0 Å². The molecule has 5 nitrogen and oxygen atoms in total. The van der Waals surface area contributed by atoms with Crippen LogP contribution in [0.4, 0.5) is 4.39 Å². The molecule has 0 fully saturated rings. The van der Waals surface area contributed by atoms with Gasteiger partial charge in [-0.25, -0.2) is 12.8 Å². The van der Waals surface area contributed by atoms with Crippen molar-refractivity contribution in [3.05, 3.63) is 29.6 Å². The molecule has 0 unspecified atom stereocenters. The molecule has 1 aromatic rings. The molecule has 0 aliphatic heterocycles. The Hall–Kier alpha value is -1.96. The van der Waals surface area contributed by atoms with Gasteiger partial charge in [-0.3, -0.25) is 0 Å². The fourth-order valence-corrected chi connectivity index (χ4v) is 3.37. The summed E-state index contributed by atoms with van der Waals surface area (Å²) in [6.07, 6.45) is 0.0592.